The van der Waals surface area contributed by atoms with Crippen LogP contribution in [0.15, 0.2) is 18.3 Å². The second-order valence-electron chi connectivity index (χ2n) is 5.08. The molecule has 112 valence electrons. The van der Waals surface area contributed by atoms with Gasteiger partial charge in [-0.3, -0.25) is 0 Å². The van der Waals surface area contributed by atoms with Crippen molar-refractivity contribution in [3.63, 3.8) is 0 Å². The van der Waals surface area contributed by atoms with Crippen LogP contribution in [0.3, 0.4) is 0 Å². The predicted molar refractivity (Wildman–Crippen MR) is 81.0 cm³/mol. The average molecular weight is 287 g/mol. The maximum absolute atomic E-state index is 11.9. The second kappa shape index (κ2) is 7.48. The molecule has 0 radical (unpaired) electrons. The van der Waals surface area contributed by atoms with Gasteiger partial charge in [0.15, 0.2) is 0 Å². The number of anilines is 1. The van der Waals surface area contributed by atoms with Crippen LogP contribution in [0.5, 0.6) is 0 Å². The van der Waals surface area contributed by atoms with E-state index < -0.39 is 0 Å². The fraction of sp³-hybridized carbons (Fsp3) is 0.533. The van der Waals surface area contributed by atoms with Crippen molar-refractivity contribution in [2.45, 2.75) is 19.8 Å². The molecule has 0 bridgehead atoms. The molecular weight excluding hydrogens is 266 g/mol. The molecule has 0 aromatic carbocycles. The highest BCUT2D eigenvalue weighted by atomic mass is 16.2. The Morgan fingerprint density at radius 2 is 2.14 bits per heavy atom. The first-order chi connectivity index (χ1) is 10.2. The van der Waals surface area contributed by atoms with E-state index in [0.717, 1.165) is 38.3 Å². The Balaban J connectivity index is 1.82. The van der Waals surface area contributed by atoms with E-state index in [1.807, 2.05) is 11.0 Å². The zero-order valence-corrected chi connectivity index (χ0v) is 12.4. The van der Waals surface area contributed by atoms with Crippen LogP contribution in [0.4, 0.5) is 10.6 Å². The number of unbranched alkanes of at least 4 members (excludes halogenated alkanes) is 1. The summed E-state index contributed by atoms with van der Waals surface area (Å²) in [5.74, 6) is 0.861. The molecule has 1 fully saturated rings. The molecule has 2 heterocycles. The third-order valence-corrected chi connectivity index (χ3v) is 3.57. The van der Waals surface area contributed by atoms with E-state index in [4.69, 9.17) is 5.26 Å². The molecule has 6 nitrogen and oxygen atoms in total. The van der Waals surface area contributed by atoms with E-state index >= 15 is 0 Å². The zero-order valence-electron chi connectivity index (χ0n) is 12.4. The maximum Gasteiger partial charge on any atom is 0.317 e. The van der Waals surface area contributed by atoms with E-state index in [1.54, 1.807) is 12.3 Å². The molecule has 21 heavy (non-hydrogen) atoms. The summed E-state index contributed by atoms with van der Waals surface area (Å²) < 4.78 is 0. The Hall–Kier alpha value is -2.29. The van der Waals surface area contributed by atoms with Crippen LogP contribution >= 0.6 is 0 Å². The van der Waals surface area contributed by atoms with Crippen molar-refractivity contribution in [2.24, 2.45) is 0 Å². The number of carbonyl (C=O) groups is 1. The monoisotopic (exact) mass is 287 g/mol. The standard InChI is InChI=1S/C15H21N5O/c1-2-3-6-17-15(21)20-9-7-19(8-10-20)14-5-4-13(11-16)12-18-14/h4-5,12H,2-3,6-10H2,1H3,(H,17,21). The molecule has 0 unspecified atom stereocenters. The second-order valence-corrected chi connectivity index (χ2v) is 5.08. The minimum Gasteiger partial charge on any atom is -0.353 e. The molecule has 0 aliphatic carbocycles. The number of rotatable bonds is 4. The summed E-state index contributed by atoms with van der Waals surface area (Å²) >= 11 is 0. The maximum atomic E-state index is 11.9. The third kappa shape index (κ3) is 4.09. The van der Waals surface area contributed by atoms with E-state index in [0.29, 0.717) is 18.7 Å². The quantitative estimate of drug-likeness (QED) is 0.853. The van der Waals surface area contributed by atoms with Crippen molar-refractivity contribution < 1.29 is 4.79 Å². The highest BCUT2D eigenvalue weighted by Crippen LogP contribution is 2.13. The Morgan fingerprint density at radius 1 is 1.38 bits per heavy atom. The zero-order chi connectivity index (χ0) is 15.1. The lowest BCUT2D eigenvalue weighted by molar-refractivity contribution is 0.194. The van der Waals surface area contributed by atoms with Gasteiger partial charge in [0.05, 0.1) is 5.56 Å². The van der Waals surface area contributed by atoms with Crippen molar-refractivity contribution in [2.75, 3.05) is 37.6 Å². The van der Waals surface area contributed by atoms with Crippen molar-refractivity contribution in [3.8, 4) is 6.07 Å². The van der Waals surface area contributed by atoms with Gasteiger partial charge in [0.2, 0.25) is 0 Å². The van der Waals surface area contributed by atoms with Crippen LogP contribution in [-0.2, 0) is 0 Å². The summed E-state index contributed by atoms with van der Waals surface area (Å²) in [4.78, 5) is 20.2. The summed E-state index contributed by atoms with van der Waals surface area (Å²) in [6.07, 6.45) is 3.68. The lowest BCUT2D eigenvalue weighted by Gasteiger charge is -2.35. The molecule has 1 N–H and O–H groups in total. The lowest BCUT2D eigenvalue weighted by atomic mass is 10.2. The van der Waals surface area contributed by atoms with Gasteiger partial charge in [0, 0.05) is 38.9 Å². The third-order valence-electron chi connectivity index (χ3n) is 3.57. The minimum atomic E-state index is 0.0240. The molecule has 0 spiro atoms. The molecule has 1 aliphatic heterocycles. The molecule has 2 rings (SSSR count). The predicted octanol–water partition coefficient (Wildman–Crippen LogP) is 1.58. The number of nitrogens with zero attached hydrogens (tertiary/aromatic N) is 4. The fourth-order valence-corrected chi connectivity index (χ4v) is 2.26. The number of urea groups is 1. The Morgan fingerprint density at radius 3 is 2.71 bits per heavy atom. The van der Waals surface area contributed by atoms with Crippen LogP contribution in [0, 0.1) is 11.3 Å². The number of piperazine rings is 1. The van der Waals surface area contributed by atoms with Crippen LogP contribution < -0.4 is 10.2 Å². The smallest absolute Gasteiger partial charge is 0.317 e. The first-order valence-electron chi connectivity index (χ1n) is 7.38. The number of amides is 2. The van der Waals surface area contributed by atoms with Gasteiger partial charge in [-0.2, -0.15) is 5.26 Å². The Labute approximate surface area is 125 Å². The van der Waals surface area contributed by atoms with Gasteiger partial charge in [0.25, 0.3) is 0 Å². The summed E-state index contributed by atoms with van der Waals surface area (Å²) in [7, 11) is 0. The highest BCUT2D eigenvalue weighted by Gasteiger charge is 2.21. The molecule has 1 aromatic heterocycles. The van der Waals surface area contributed by atoms with Crippen molar-refractivity contribution in [1.29, 1.82) is 5.26 Å². The molecular formula is C15H21N5O. The molecule has 1 saturated heterocycles. The van der Waals surface area contributed by atoms with E-state index in [-0.39, 0.29) is 6.03 Å². The number of pyridine rings is 1. The first-order valence-corrected chi connectivity index (χ1v) is 7.38. The molecule has 0 atom stereocenters. The number of hydrogen-bond donors (Lipinski definition) is 1. The minimum absolute atomic E-state index is 0.0240. The molecule has 0 saturated carbocycles. The normalized spacial score (nSPS) is 14.7. The van der Waals surface area contributed by atoms with Crippen LogP contribution in [-0.4, -0.2) is 48.6 Å². The number of aromatic nitrogens is 1. The number of nitrogens with one attached hydrogen (secondary N) is 1. The summed E-state index contributed by atoms with van der Waals surface area (Å²) in [5, 5.41) is 11.7. The summed E-state index contributed by atoms with van der Waals surface area (Å²) in [6, 6.07) is 5.71. The van der Waals surface area contributed by atoms with Gasteiger partial charge in [0.1, 0.15) is 11.9 Å². The van der Waals surface area contributed by atoms with Gasteiger partial charge in [-0.05, 0) is 18.6 Å². The van der Waals surface area contributed by atoms with Gasteiger partial charge < -0.3 is 15.1 Å². The summed E-state index contributed by atoms with van der Waals surface area (Å²) in [5.41, 5.74) is 0.563. The summed E-state index contributed by atoms with van der Waals surface area (Å²) in [6.45, 7) is 5.77. The topological polar surface area (TPSA) is 72.3 Å². The number of nitriles is 1. The van der Waals surface area contributed by atoms with Gasteiger partial charge >= 0.3 is 6.03 Å². The number of hydrogen-bond acceptors (Lipinski definition) is 4. The Bertz CT molecular complexity index is 500. The van der Waals surface area contributed by atoms with E-state index in [2.05, 4.69) is 28.2 Å². The number of carbonyl (C=O) groups excluding carboxylic acids is 1. The van der Waals surface area contributed by atoms with Gasteiger partial charge in [-0.1, -0.05) is 13.3 Å². The molecule has 1 aliphatic rings. The van der Waals surface area contributed by atoms with Crippen LogP contribution in [0.25, 0.3) is 0 Å². The molecule has 1 aromatic rings. The van der Waals surface area contributed by atoms with Crippen LogP contribution in [0.1, 0.15) is 25.3 Å². The molecule has 2 amide bonds. The first kappa shape index (κ1) is 15.1. The van der Waals surface area contributed by atoms with Gasteiger partial charge in [-0.25, -0.2) is 9.78 Å². The molecule has 6 heteroatoms. The highest BCUT2D eigenvalue weighted by molar-refractivity contribution is 5.74. The SMILES string of the molecule is CCCCNC(=O)N1CCN(c2ccc(C#N)cn2)CC1. The largest absolute Gasteiger partial charge is 0.353 e. The van der Waals surface area contributed by atoms with Crippen LogP contribution in [0.2, 0.25) is 0 Å². The Kier molecular flexibility index (Phi) is 5.38. The average Bonchev–Trinajstić information content (AvgIpc) is 2.55. The fourth-order valence-electron chi connectivity index (χ4n) is 2.26. The van der Waals surface area contributed by atoms with Crippen molar-refractivity contribution in [3.05, 3.63) is 23.9 Å². The van der Waals surface area contributed by atoms with Crippen molar-refractivity contribution >= 4 is 11.8 Å². The van der Waals surface area contributed by atoms with E-state index in [1.165, 1.54) is 0 Å². The lowest BCUT2D eigenvalue weighted by Crippen LogP contribution is -2.52. The van der Waals surface area contributed by atoms with Gasteiger partial charge in [-0.15, -0.1) is 0 Å². The van der Waals surface area contributed by atoms with Crippen molar-refractivity contribution in [1.82, 2.24) is 15.2 Å². The van der Waals surface area contributed by atoms with E-state index in [9.17, 15) is 4.79 Å².